The SMILES string of the molecule is CCC(=O)N1CCN(c2ccc(N3C(=O)N(C)Cc4cnc5ccc(C6=CCC7NN=C(C)C7=C6)cc5c43)cc2C(F)(F)F)CC1. The van der Waals surface area contributed by atoms with Gasteiger partial charge in [-0.25, -0.2) is 4.79 Å². The summed E-state index contributed by atoms with van der Waals surface area (Å²) in [6, 6.07) is 9.65. The van der Waals surface area contributed by atoms with Gasteiger partial charge in [-0.2, -0.15) is 18.3 Å². The van der Waals surface area contributed by atoms with Gasteiger partial charge in [0.2, 0.25) is 5.91 Å². The van der Waals surface area contributed by atoms with Gasteiger partial charge in [-0.05, 0) is 66.5 Å². The highest BCUT2D eigenvalue weighted by molar-refractivity contribution is 6.10. The number of carbonyl (C=O) groups excluding carboxylic acids is 2. The van der Waals surface area contributed by atoms with E-state index >= 15 is 0 Å². The molecular formula is C34H34F3N7O2. The van der Waals surface area contributed by atoms with Crippen molar-refractivity contribution in [3.05, 3.63) is 77.0 Å². The lowest BCUT2D eigenvalue weighted by atomic mass is 9.89. The molecule has 1 saturated heterocycles. The first kappa shape index (κ1) is 29.8. The van der Waals surface area contributed by atoms with E-state index in [9.17, 15) is 22.8 Å². The molecule has 1 N–H and O–H groups in total. The summed E-state index contributed by atoms with van der Waals surface area (Å²) in [5.41, 5.74) is 8.40. The summed E-state index contributed by atoms with van der Waals surface area (Å²) < 4.78 is 44.0. The minimum atomic E-state index is -4.67. The lowest BCUT2D eigenvalue weighted by Gasteiger charge is -2.38. The Balaban J connectivity index is 1.31. The number of urea groups is 1. The molecule has 4 aliphatic rings. The van der Waals surface area contributed by atoms with Crippen molar-refractivity contribution >= 4 is 51.2 Å². The maximum absolute atomic E-state index is 14.7. The van der Waals surface area contributed by atoms with Crippen molar-refractivity contribution in [2.75, 3.05) is 43.0 Å². The number of benzene rings is 2. The van der Waals surface area contributed by atoms with Crippen molar-refractivity contribution in [3.63, 3.8) is 0 Å². The number of alkyl halides is 3. The predicted molar refractivity (Wildman–Crippen MR) is 172 cm³/mol. The van der Waals surface area contributed by atoms with Crippen molar-refractivity contribution < 1.29 is 22.8 Å². The smallest absolute Gasteiger partial charge is 0.367 e. The van der Waals surface area contributed by atoms with E-state index in [-0.39, 0.29) is 43.0 Å². The molecular weight excluding hydrogens is 595 g/mol. The number of anilines is 3. The number of fused-ring (bicyclic) bond motifs is 4. The summed E-state index contributed by atoms with van der Waals surface area (Å²) in [6.45, 7) is 5.30. The molecule has 4 heterocycles. The van der Waals surface area contributed by atoms with Crippen LogP contribution in [0.2, 0.25) is 0 Å². The third kappa shape index (κ3) is 5.05. The molecule has 0 saturated carbocycles. The van der Waals surface area contributed by atoms with Crippen molar-refractivity contribution in [2.24, 2.45) is 5.10 Å². The molecule has 3 aromatic rings. The van der Waals surface area contributed by atoms with E-state index in [4.69, 9.17) is 0 Å². The van der Waals surface area contributed by atoms with Crippen LogP contribution < -0.4 is 15.2 Å². The molecule has 1 aromatic heterocycles. The Hall–Kier alpha value is -4.87. The zero-order valence-corrected chi connectivity index (χ0v) is 25.9. The Kier molecular flexibility index (Phi) is 7.25. The van der Waals surface area contributed by atoms with Crippen molar-refractivity contribution in [1.29, 1.82) is 0 Å². The van der Waals surface area contributed by atoms with E-state index in [0.717, 1.165) is 40.5 Å². The summed E-state index contributed by atoms with van der Waals surface area (Å²) in [4.78, 5) is 36.8. The number of rotatable bonds is 4. The highest BCUT2D eigenvalue weighted by Gasteiger charge is 2.39. The number of hydrazone groups is 1. The highest BCUT2D eigenvalue weighted by Crippen LogP contribution is 2.44. The zero-order valence-electron chi connectivity index (χ0n) is 25.9. The van der Waals surface area contributed by atoms with Gasteiger partial charge in [0.05, 0.1) is 40.8 Å². The molecule has 1 fully saturated rings. The maximum atomic E-state index is 14.7. The second-order valence-electron chi connectivity index (χ2n) is 12.1. The first-order chi connectivity index (χ1) is 22.0. The van der Waals surface area contributed by atoms with Gasteiger partial charge in [-0.15, -0.1) is 0 Å². The number of piperazine rings is 1. The van der Waals surface area contributed by atoms with Crippen LogP contribution in [0.25, 0.3) is 16.5 Å². The number of hydrogen-bond acceptors (Lipinski definition) is 6. The highest BCUT2D eigenvalue weighted by atomic mass is 19.4. The second kappa shape index (κ2) is 11.2. The van der Waals surface area contributed by atoms with E-state index in [1.54, 1.807) is 36.0 Å². The number of carbonyl (C=O) groups is 2. The standard InChI is InChI=1S/C34H34F3N7O2/c1-4-31(45)43-13-11-42(12-14-43)30-10-7-24(17-27(30)34(35,36)37)44-32-23(19-41(3)33(44)46)18-38-28-8-5-22(16-26(28)32)21-6-9-29-25(15-21)20(2)39-40-29/h5-8,10,15-18,29,40H,4,9,11-14,19H2,1-3H3. The molecule has 0 bridgehead atoms. The Labute approximate surface area is 264 Å². The molecule has 1 aliphatic carbocycles. The van der Waals surface area contributed by atoms with Crippen molar-refractivity contribution in [3.8, 4) is 0 Å². The van der Waals surface area contributed by atoms with Crippen molar-refractivity contribution in [1.82, 2.24) is 20.2 Å². The molecule has 12 heteroatoms. The van der Waals surface area contributed by atoms with E-state index < -0.39 is 17.8 Å². The summed E-state index contributed by atoms with van der Waals surface area (Å²) in [5.74, 6) is -0.0116. The van der Waals surface area contributed by atoms with Crippen LogP contribution in [-0.2, 0) is 17.5 Å². The molecule has 0 spiro atoms. The van der Waals surface area contributed by atoms with Gasteiger partial charge in [-0.1, -0.05) is 19.1 Å². The molecule has 1 atom stereocenters. The topological polar surface area (TPSA) is 84.4 Å². The Bertz CT molecular complexity index is 1860. The number of allylic oxidation sites excluding steroid dienone is 2. The third-order valence-corrected chi connectivity index (χ3v) is 9.28. The molecule has 0 radical (unpaired) electrons. The van der Waals surface area contributed by atoms with E-state index in [2.05, 4.69) is 27.7 Å². The minimum absolute atomic E-state index is 0.0116. The van der Waals surface area contributed by atoms with Crippen LogP contribution in [0.3, 0.4) is 0 Å². The number of pyridine rings is 1. The van der Waals surface area contributed by atoms with Crippen LogP contribution >= 0.6 is 0 Å². The molecule has 7 rings (SSSR count). The number of aromatic nitrogens is 1. The quantitative estimate of drug-likeness (QED) is 0.379. The molecule has 3 aliphatic heterocycles. The monoisotopic (exact) mass is 629 g/mol. The van der Waals surface area contributed by atoms with Gasteiger partial charge >= 0.3 is 12.2 Å². The minimum Gasteiger partial charge on any atom is -0.367 e. The molecule has 2 aromatic carbocycles. The van der Waals surface area contributed by atoms with Crippen LogP contribution in [0, 0.1) is 0 Å². The van der Waals surface area contributed by atoms with Crippen LogP contribution in [0.15, 0.2) is 65.4 Å². The molecule has 238 valence electrons. The first-order valence-corrected chi connectivity index (χ1v) is 15.5. The van der Waals surface area contributed by atoms with Gasteiger partial charge in [0.25, 0.3) is 0 Å². The molecule has 1 unspecified atom stereocenters. The fourth-order valence-electron chi connectivity index (χ4n) is 6.81. The van der Waals surface area contributed by atoms with Crippen LogP contribution in [-0.4, -0.2) is 71.7 Å². The summed E-state index contributed by atoms with van der Waals surface area (Å²) in [7, 11) is 1.63. The average Bonchev–Trinajstić information content (AvgIpc) is 3.43. The average molecular weight is 630 g/mol. The van der Waals surface area contributed by atoms with Gasteiger partial charge in [0.1, 0.15) is 0 Å². The van der Waals surface area contributed by atoms with E-state index in [1.807, 2.05) is 25.1 Å². The number of halogens is 3. The Morgan fingerprint density at radius 1 is 1.09 bits per heavy atom. The van der Waals surface area contributed by atoms with Crippen LogP contribution in [0.1, 0.15) is 43.4 Å². The summed E-state index contributed by atoms with van der Waals surface area (Å²) in [6.07, 6.45) is 2.41. The van der Waals surface area contributed by atoms with E-state index in [0.29, 0.717) is 36.1 Å². The first-order valence-electron chi connectivity index (χ1n) is 15.5. The lowest BCUT2D eigenvalue weighted by Crippen LogP contribution is -2.49. The van der Waals surface area contributed by atoms with Gasteiger partial charge in [0, 0.05) is 62.5 Å². The molecule has 3 amide bonds. The normalized spacial score (nSPS) is 19.8. The fourth-order valence-corrected chi connectivity index (χ4v) is 6.81. The maximum Gasteiger partial charge on any atom is 0.418 e. The molecule has 46 heavy (non-hydrogen) atoms. The number of amides is 3. The summed E-state index contributed by atoms with van der Waals surface area (Å²) in [5, 5.41) is 5.04. The second-order valence-corrected chi connectivity index (χ2v) is 12.1. The van der Waals surface area contributed by atoms with Crippen LogP contribution in [0.4, 0.5) is 35.0 Å². The molecule has 9 nitrogen and oxygen atoms in total. The number of hydrogen-bond donors (Lipinski definition) is 1. The van der Waals surface area contributed by atoms with Gasteiger partial charge in [0.15, 0.2) is 0 Å². The fraction of sp³-hybridized carbons (Fsp3) is 0.353. The third-order valence-electron chi connectivity index (χ3n) is 9.28. The van der Waals surface area contributed by atoms with Crippen LogP contribution in [0.5, 0.6) is 0 Å². The summed E-state index contributed by atoms with van der Waals surface area (Å²) >= 11 is 0. The largest absolute Gasteiger partial charge is 0.418 e. The van der Waals surface area contributed by atoms with Gasteiger partial charge in [-0.3, -0.25) is 14.7 Å². The Morgan fingerprint density at radius 2 is 1.87 bits per heavy atom. The van der Waals surface area contributed by atoms with Crippen molar-refractivity contribution in [2.45, 2.75) is 45.5 Å². The van der Waals surface area contributed by atoms with Gasteiger partial charge < -0.3 is 20.1 Å². The van der Waals surface area contributed by atoms with E-state index in [1.165, 1.54) is 15.9 Å². The zero-order chi connectivity index (χ0) is 32.3. The number of nitrogens with zero attached hydrogens (tertiary/aromatic N) is 6. The Morgan fingerprint density at radius 3 is 2.61 bits per heavy atom. The lowest BCUT2D eigenvalue weighted by molar-refractivity contribution is -0.137. The predicted octanol–water partition coefficient (Wildman–Crippen LogP) is 6.08. The number of nitrogens with one attached hydrogen (secondary N) is 1.